The van der Waals surface area contributed by atoms with Gasteiger partial charge in [-0.25, -0.2) is 8.78 Å². The minimum absolute atomic E-state index is 0.115. The zero-order chi connectivity index (χ0) is 23.2. The number of hydrogen-bond donors (Lipinski definition) is 0. The molecule has 0 heterocycles. The average molecular weight is 455 g/mol. The van der Waals surface area contributed by atoms with Gasteiger partial charge in [-0.3, -0.25) is 0 Å². The molecule has 4 atom stereocenters. The van der Waals surface area contributed by atoms with Crippen molar-refractivity contribution in [2.45, 2.75) is 90.4 Å². The van der Waals surface area contributed by atoms with Gasteiger partial charge in [0.05, 0.1) is 5.39 Å². The number of hydrogen-bond acceptors (Lipinski definition) is 1. The van der Waals surface area contributed by atoms with Gasteiger partial charge in [-0.2, -0.15) is 0 Å². The second kappa shape index (κ2) is 11.5. The standard InChI is InChI=1S/C30H40F2O/c1-3-5-7-8-9-21-10-11-23-18-24(13-12-22(23)17-21)27-15-14-25-19-26(33-16-6-4-2)20-28(31)29(25)30(27)32/h4,6,14-15,19-24H,3,5,7-13,16-18H2,1-2H3/b6-4+. The maximum absolute atomic E-state index is 15.5. The largest absolute Gasteiger partial charge is 0.489 e. The summed E-state index contributed by atoms with van der Waals surface area (Å²) < 4.78 is 36.0. The SMILES string of the molecule is C/C=C/COc1cc(F)c2c(F)c(C3CCC4CC(CCCCCC)CCC4C3)ccc2c1. The summed E-state index contributed by atoms with van der Waals surface area (Å²) in [5, 5.41) is 0.688. The number of unbranched alkanes of at least 4 members (excludes halogenated alkanes) is 3. The predicted molar refractivity (Wildman–Crippen MR) is 134 cm³/mol. The minimum Gasteiger partial charge on any atom is -0.489 e. The molecule has 0 saturated heterocycles. The zero-order valence-corrected chi connectivity index (χ0v) is 20.4. The summed E-state index contributed by atoms with van der Waals surface area (Å²) in [5.41, 5.74) is 0.712. The van der Waals surface area contributed by atoms with Crippen molar-refractivity contribution in [2.24, 2.45) is 17.8 Å². The van der Waals surface area contributed by atoms with Gasteiger partial charge in [0.15, 0.2) is 0 Å². The minimum atomic E-state index is -0.528. The fourth-order valence-electron chi connectivity index (χ4n) is 6.39. The van der Waals surface area contributed by atoms with Crippen LogP contribution in [0.5, 0.6) is 5.75 Å². The molecule has 4 unspecified atom stereocenters. The van der Waals surface area contributed by atoms with Crippen molar-refractivity contribution in [3.8, 4) is 5.75 Å². The summed E-state index contributed by atoms with van der Waals surface area (Å²) >= 11 is 0. The molecule has 0 N–H and O–H groups in total. The van der Waals surface area contributed by atoms with Crippen LogP contribution in [0, 0.1) is 29.4 Å². The van der Waals surface area contributed by atoms with Gasteiger partial charge in [0.1, 0.15) is 24.0 Å². The summed E-state index contributed by atoms with van der Waals surface area (Å²) in [6, 6.07) is 6.83. The molecule has 0 spiro atoms. The monoisotopic (exact) mass is 454 g/mol. The smallest absolute Gasteiger partial charge is 0.137 e. The van der Waals surface area contributed by atoms with E-state index in [1.54, 1.807) is 6.07 Å². The van der Waals surface area contributed by atoms with Crippen LogP contribution in [0.15, 0.2) is 36.4 Å². The molecule has 0 aliphatic heterocycles. The summed E-state index contributed by atoms with van der Waals surface area (Å²) in [5.74, 6) is 2.17. The lowest BCUT2D eigenvalue weighted by Gasteiger charge is -2.42. The Morgan fingerprint density at radius 1 is 0.970 bits per heavy atom. The van der Waals surface area contributed by atoms with Crippen molar-refractivity contribution in [3.05, 3.63) is 53.6 Å². The summed E-state index contributed by atoms with van der Waals surface area (Å²) in [4.78, 5) is 0. The molecular weight excluding hydrogens is 414 g/mol. The van der Waals surface area contributed by atoms with Crippen LogP contribution in [0.25, 0.3) is 10.8 Å². The second-order valence-electron chi connectivity index (χ2n) is 10.4. The summed E-state index contributed by atoms with van der Waals surface area (Å²) in [7, 11) is 0. The van der Waals surface area contributed by atoms with Crippen LogP contribution in [-0.2, 0) is 0 Å². The summed E-state index contributed by atoms with van der Waals surface area (Å²) in [6.45, 7) is 4.57. The van der Waals surface area contributed by atoms with Crippen molar-refractivity contribution in [1.82, 2.24) is 0 Å². The maximum Gasteiger partial charge on any atom is 0.137 e. The number of benzene rings is 2. The molecule has 2 aromatic rings. The normalized spacial score (nSPS) is 25.5. The highest BCUT2D eigenvalue weighted by Crippen LogP contribution is 2.49. The van der Waals surface area contributed by atoms with Crippen molar-refractivity contribution in [3.63, 3.8) is 0 Å². The molecule has 180 valence electrons. The van der Waals surface area contributed by atoms with Crippen LogP contribution in [0.3, 0.4) is 0 Å². The molecule has 2 fully saturated rings. The van der Waals surface area contributed by atoms with Crippen LogP contribution < -0.4 is 4.74 Å². The Morgan fingerprint density at radius 3 is 2.61 bits per heavy atom. The first kappa shape index (κ1) is 24.2. The molecule has 2 aromatic carbocycles. The Bertz CT molecular complexity index is 950. The van der Waals surface area contributed by atoms with Crippen molar-refractivity contribution < 1.29 is 13.5 Å². The molecule has 0 amide bonds. The highest BCUT2D eigenvalue weighted by molar-refractivity contribution is 5.86. The highest BCUT2D eigenvalue weighted by Gasteiger charge is 2.36. The Labute approximate surface area is 198 Å². The number of ether oxygens (including phenoxy) is 1. The topological polar surface area (TPSA) is 9.23 Å². The van der Waals surface area contributed by atoms with Gasteiger partial charge in [0.2, 0.25) is 0 Å². The molecule has 33 heavy (non-hydrogen) atoms. The van der Waals surface area contributed by atoms with Crippen molar-refractivity contribution >= 4 is 10.8 Å². The third kappa shape index (κ3) is 5.78. The van der Waals surface area contributed by atoms with E-state index in [0.29, 0.717) is 29.2 Å². The number of rotatable bonds is 9. The molecule has 2 aliphatic carbocycles. The lowest BCUT2D eigenvalue weighted by molar-refractivity contribution is 0.112. The van der Waals surface area contributed by atoms with Crippen LogP contribution in [0.1, 0.15) is 96.0 Å². The van der Waals surface area contributed by atoms with E-state index >= 15 is 4.39 Å². The number of halogens is 2. The molecule has 2 aliphatic rings. The van der Waals surface area contributed by atoms with E-state index in [1.165, 1.54) is 63.9 Å². The van der Waals surface area contributed by atoms with E-state index in [2.05, 4.69) is 6.92 Å². The van der Waals surface area contributed by atoms with Crippen LogP contribution in [0.4, 0.5) is 8.78 Å². The molecule has 4 rings (SSSR count). The van der Waals surface area contributed by atoms with Gasteiger partial charge in [0, 0.05) is 6.07 Å². The molecule has 1 nitrogen and oxygen atoms in total. The van der Waals surface area contributed by atoms with Gasteiger partial charge in [-0.15, -0.1) is 0 Å². The zero-order valence-electron chi connectivity index (χ0n) is 20.4. The molecule has 0 radical (unpaired) electrons. The summed E-state index contributed by atoms with van der Waals surface area (Å²) in [6.07, 6.45) is 17.8. The molecular formula is C30H40F2O. The fraction of sp³-hybridized carbons (Fsp3) is 0.600. The Hall–Kier alpha value is -1.90. The van der Waals surface area contributed by atoms with E-state index in [9.17, 15) is 4.39 Å². The number of allylic oxidation sites excluding steroid dienone is 1. The van der Waals surface area contributed by atoms with Crippen LogP contribution >= 0.6 is 0 Å². The fourth-order valence-corrected chi connectivity index (χ4v) is 6.39. The third-order valence-corrected chi connectivity index (χ3v) is 8.22. The van der Waals surface area contributed by atoms with E-state index in [4.69, 9.17) is 4.74 Å². The Morgan fingerprint density at radius 2 is 1.79 bits per heavy atom. The van der Waals surface area contributed by atoms with Gasteiger partial charge >= 0.3 is 0 Å². The van der Waals surface area contributed by atoms with Crippen molar-refractivity contribution in [2.75, 3.05) is 6.61 Å². The molecule has 2 saturated carbocycles. The predicted octanol–water partition coefficient (Wildman–Crippen LogP) is 9.34. The average Bonchev–Trinajstić information content (AvgIpc) is 2.82. The molecule has 3 heteroatoms. The van der Waals surface area contributed by atoms with Gasteiger partial charge < -0.3 is 4.74 Å². The van der Waals surface area contributed by atoms with Gasteiger partial charge in [-0.05, 0) is 79.7 Å². The van der Waals surface area contributed by atoms with E-state index < -0.39 is 5.82 Å². The van der Waals surface area contributed by atoms with Gasteiger partial charge in [0.25, 0.3) is 0 Å². The van der Waals surface area contributed by atoms with E-state index in [0.717, 1.165) is 24.7 Å². The van der Waals surface area contributed by atoms with Crippen LogP contribution in [0.2, 0.25) is 0 Å². The second-order valence-corrected chi connectivity index (χ2v) is 10.4. The maximum atomic E-state index is 15.5. The Kier molecular flexibility index (Phi) is 8.44. The molecule has 0 bridgehead atoms. The lowest BCUT2D eigenvalue weighted by Crippen LogP contribution is -2.30. The molecule has 0 aromatic heterocycles. The highest BCUT2D eigenvalue weighted by atomic mass is 19.1. The Balaban J connectivity index is 1.42. The van der Waals surface area contributed by atoms with E-state index in [1.807, 2.05) is 31.2 Å². The lowest BCUT2D eigenvalue weighted by atomic mass is 9.63. The first-order valence-corrected chi connectivity index (χ1v) is 13.3. The third-order valence-electron chi connectivity index (χ3n) is 8.22. The quantitative estimate of drug-likeness (QED) is 0.271. The van der Waals surface area contributed by atoms with Gasteiger partial charge in [-0.1, -0.05) is 69.7 Å². The van der Waals surface area contributed by atoms with E-state index in [-0.39, 0.29) is 17.1 Å². The number of fused-ring (bicyclic) bond motifs is 2. The van der Waals surface area contributed by atoms with Crippen LogP contribution in [-0.4, -0.2) is 6.61 Å². The van der Waals surface area contributed by atoms with Crippen molar-refractivity contribution in [1.29, 1.82) is 0 Å². The first-order chi connectivity index (χ1) is 16.1. The first-order valence-electron chi connectivity index (χ1n) is 13.3.